The van der Waals surface area contributed by atoms with Crippen LogP contribution >= 0.6 is 11.3 Å². The average molecular weight is 401 g/mol. The quantitative estimate of drug-likeness (QED) is 0.729. The molecule has 4 rings (SSSR count). The zero-order valence-electron chi connectivity index (χ0n) is 16.1. The molecule has 1 saturated heterocycles. The summed E-state index contributed by atoms with van der Waals surface area (Å²) in [6.45, 7) is 5.85. The molecule has 0 bridgehead atoms. The lowest BCUT2D eigenvalue weighted by molar-refractivity contribution is 0.0613. The van der Waals surface area contributed by atoms with E-state index >= 15 is 0 Å². The van der Waals surface area contributed by atoms with Crippen LogP contribution in [0, 0.1) is 12.8 Å². The van der Waals surface area contributed by atoms with Crippen LogP contribution in [0.4, 0.5) is 4.79 Å². The van der Waals surface area contributed by atoms with Gasteiger partial charge in [-0.05, 0) is 44.7 Å². The molecule has 148 valence electrons. The molecule has 2 aromatic heterocycles. The van der Waals surface area contributed by atoms with Crippen molar-refractivity contribution in [2.45, 2.75) is 39.3 Å². The van der Waals surface area contributed by atoms with Gasteiger partial charge in [0.15, 0.2) is 0 Å². The van der Waals surface area contributed by atoms with Crippen molar-refractivity contribution in [1.82, 2.24) is 19.4 Å². The highest BCUT2D eigenvalue weighted by molar-refractivity contribution is 7.09. The molecule has 1 unspecified atom stereocenters. The summed E-state index contributed by atoms with van der Waals surface area (Å²) in [5.74, 6) is 0.380. The Morgan fingerprint density at radius 2 is 2.04 bits per heavy atom. The zero-order valence-corrected chi connectivity index (χ0v) is 16.9. The Bertz CT molecular complexity index is 1050. The number of thiazole rings is 1. The van der Waals surface area contributed by atoms with Crippen molar-refractivity contribution in [1.29, 1.82) is 0 Å². The number of fused-ring (bicyclic) bond motifs is 1. The van der Waals surface area contributed by atoms with Crippen LogP contribution in [0.5, 0.6) is 0 Å². The third kappa shape index (κ3) is 3.62. The van der Waals surface area contributed by atoms with Crippen LogP contribution < -0.4 is 11.0 Å². The van der Waals surface area contributed by atoms with Gasteiger partial charge in [0.25, 0.3) is 0 Å². The van der Waals surface area contributed by atoms with Gasteiger partial charge in [0.05, 0.1) is 27.8 Å². The number of aryl methyl sites for hydroxylation is 1. The summed E-state index contributed by atoms with van der Waals surface area (Å²) in [4.78, 5) is 30.5. The highest BCUT2D eigenvalue weighted by Crippen LogP contribution is 2.21. The fourth-order valence-electron chi connectivity index (χ4n) is 3.67. The predicted molar refractivity (Wildman–Crippen MR) is 109 cm³/mol. The first-order valence-corrected chi connectivity index (χ1v) is 10.4. The third-order valence-electron chi connectivity index (χ3n) is 5.24. The molecule has 0 saturated carbocycles. The average Bonchev–Trinajstić information content (AvgIpc) is 3.25. The number of hydrogen-bond donors (Lipinski definition) is 1. The normalized spacial score (nSPS) is 16.4. The van der Waals surface area contributed by atoms with Crippen LogP contribution in [-0.2, 0) is 11.3 Å². The second kappa shape index (κ2) is 7.89. The number of para-hydroxylation sites is 2. The molecule has 1 fully saturated rings. The van der Waals surface area contributed by atoms with E-state index in [-0.39, 0.29) is 11.7 Å². The molecule has 3 aromatic rings. The Morgan fingerprint density at radius 3 is 2.71 bits per heavy atom. The van der Waals surface area contributed by atoms with Crippen molar-refractivity contribution in [3.63, 3.8) is 0 Å². The van der Waals surface area contributed by atoms with Gasteiger partial charge in [-0.1, -0.05) is 12.1 Å². The Hall–Kier alpha value is -2.45. The van der Waals surface area contributed by atoms with Gasteiger partial charge in [0.1, 0.15) is 0 Å². The topological polar surface area (TPSA) is 78.2 Å². The van der Waals surface area contributed by atoms with Crippen LogP contribution in [0.1, 0.15) is 36.5 Å². The molecule has 0 spiro atoms. The van der Waals surface area contributed by atoms with E-state index in [0.29, 0.717) is 18.0 Å². The Labute approximate surface area is 167 Å². The van der Waals surface area contributed by atoms with E-state index in [1.807, 2.05) is 43.5 Å². The number of ether oxygens (including phenoxy) is 1. The van der Waals surface area contributed by atoms with Crippen LogP contribution in [0.2, 0.25) is 0 Å². The molecule has 3 heterocycles. The lowest BCUT2D eigenvalue weighted by atomic mass is 10.0. The van der Waals surface area contributed by atoms with Gasteiger partial charge in [0, 0.05) is 25.1 Å². The summed E-state index contributed by atoms with van der Waals surface area (Å²) >= 11 is 1.54. The van der Waals surface area contributed by atoms with Gasteiger partial charge in [-0.2, -0.15) is 0 Å². The number of carbonyl (C=O) groups excluding carboxylic acids is 1. The maximum Gasteiger partial charge on any atom is 0.337 e. The van der Waals surface area contributed by atoms with Gasteiger partial charge >= 0.3 is 11.7 Å². The first kappa shape index (κ1) is 18.9. The van der Waals surface area contributed by atoms with Crippen molar-refractivity contribution in [2.75, 3.05) is 13.2 Å². The maximum absolute atomic E-state index is 13.1. The van der Waals surface area contributed by atoms with E-state index < -0.39 is 6.03 Å². The molecule has 8 heteroatoms. The number of nitrogens with zero attached hydrogens (tertiary/aromatic N) is 3. The highest BCUT2D eigenvalue weighted by Gasteiger charge is 2.23. The summed E-state index contributed by atoms with van der Waals surface area (Å²) in [6.07, 6.45) is 1.86. The SMILES string of the molecule is Cc1nc(C(C)NC(=O)n2c(=O)n(CC3CCOCC3)c3ccccc32)cs1. The minimum absolute atomic E-state index is 0.276. The van der Waals surface area contributed by atoms with Crippen LogP contribution in [0.3, 0.4) is 0 Å². The molecule has 28 heavy (non-hydrogen) atoms. The van der Waals surface area contributed by atoms with Crippen molar-refractivity contribution >= 4 is 28.4 Å². The number of benzene rings is 1. The number of rotatable bonds is 4. The molecule has 0 radical (unpaired) electrons. The molecule has 1 N–H and O–H groups in total. The van der Waals surface area contributed by atoms with E-state index in [1.165, 1.54) is 15.9 Å². The summed E-state index contributed by atoms with van der Waals surface area (Å²) in [5.41, 5.74) is 1.91. The Morgan fingerprint density at radius 1 is 1.32 bits per heavy atom. The van der Waals surface area contributed by atoms with E-state index in [1.54, 1.807) is 4.57 Å². The monoisotopic (exact) mass is 400 g/mol. The van der Waals surface area contributed by atoms with Crippen LogP contribution in [0.25, 0.3) is 11.0 Å². The van der Waals surface area contributed by atoms with E-state index in [4.69, 9.17) is 4.74 Å². The maximum atomic E-state index is 13.1. The second-order valence-electron chi connectivity index (χ2n) is 7.24. The molecule has 1 aliphatic heterocycles. The molecular formula is C20H24N4O3S. The molecule has 1 aliphatic rings. The summed E-state index contributed by atoms with van der Waals surface area (Å²) in [5, 5.41) is 5.78. The third-order valence-corrected chi connectivity index (χ3v) is 6.03. The van der Waals surface area contributed by atoms with Gasteiger partial charge in [0.2, 0.25) is 0 Å². The van der Waals surface area contributed by atoms with Crippen molar-refractivity contribution in [3.05, 3.63) is 50.8 Å². The summed E-state index contributed by atoms with van der Waals surface area (Å²) in [6, 6.07) is 6.75. The van der Waals surface area contributed by atoms with E-state index in [9.17, 15) is 9.59 Å². The van der Waals surface area contributed by atoms with Gasteiger partial charge in [-0.3, -0.25) is 4.57 Å². The standard InChI is InChI=1S/C20H24N4O3S/c1-13(16-12-28-14(2)22-16)21-19(25)24-18-6-4-3-5-17(18)23(20(24)26)11-15-7-9-27-10-8-15/h3-6,12-13,15H,7-11H2,1-2H3,(H,21,25). The fraction of sp³-hybridized carbons (Fsp3) is 0.450. The molecule has 1 aromatic carbocycles. The highest BCUT2D eigenvalue weighted by atomic mass is 32.1. The molecular weight excluding hydrogens is 376 g/mol. The van der Waals surface area contributed by atoms with Crippen molar-refractivity contribution in [2.24, 2.45) is 5.92 Å². The number of aromatic nitrogens is 3. The second-order valence-corrected chi connectivity index (χ2v) is 8.30. The lowest BCUT2D eigenvalue weighted by Crippen LogP contribution is -2.38. The first-order valence-electron chi connectivity index (χ1n) is 9.55. The van der Waals surface area contributed by atoms with E-state index in [2.05, 4.69) is 10.3 Å². The number of amides is 1. The van der Waals surface area contributed by atoms with Crippen LogP contribution in [0.15, 0.2) is 34.4 Å². The lowest BCUT2D eigenvalue weighted by Gasteiger charge is -2.22. The van der Waals surface area contributed by atoms with Gasteiger partial charge in [-0.25, -0.2) is 19.1 Å². The number of carbonyl (C=O) groups is 1. The Balaban J connectivity index is 1.65. The summed E-state index contributed by atoms with van der Waals surface area (Å²) in [7, 11) is 0. The van der Waals surface area contributed by atoms with E-state index in [0.717, 1.165) is 42.3 Å². The van der Waals surface area contributed by atoms with Crippen LogP contribution in [-0.4, -0.2) is 33.4 Å². The predicted octanol–water partition coefficient (Wildman–Crippen LogP) is 3.31. The van der Waals surface area contributed by atoms with Crippen molar-refractivity contribution in [3.8, 4) is 0 Å². The molecule has 1 atom stereocenters. The minimum atomic E-state index is -0.426. The number of hydrogen-bond acceptors (Lipinski definition) is 5. The van der Waals surface area contributed by atoms with Crippen molar-refractivity contribution < 1.29 is 9.53 Å². The largest absolute Gasteiger partial charge is 0.381 e. The molecule has 1 amide bonds. The molecule has 7 nitrogen and oxygen atoms in total. The summed E-state index contributed by atoms with van der Waals surface area (Å²) < 4.78 is 8.39. The van der Waals surface area contributed by atoms with Gasteiger partial charge < -0.3 is 10.1 Å². The smallest absolute Gasteiger partial charge is 0.337 e. The minimum Gasteiger partial charge on any atom is -0.381 e. The number of imidazole rings is 1. The zero-order chi connectivity index (χ0) is 19.7. The first-order chi connectivity index (χ1) is 13.5. The Kier molecular flexibility index (Phi) is 5.32. The number of nitrogens with one attached hydrogen (secondary N) is 1. The molecule has 0 aliphatic carbocycles. The fourth-order valence-corrected chi connectivity index (χ4v) is 4.38. The van der Waals surface area contributed by atoms with Gasteiger partial charge in [-0.15, -0.1) is 11.3 Å².